The Morgan fingerprint density at radius 3 is 2.84 bits per heavy atom. The first kappa shape index (κ1) is 19.2. The summed E-state index contributed by atoms with van der Waals surface area (Å²) < 4.78 is 6.78. The summed E-state index contributed by atoms with van der Waals surface area (Å²) in [6, 6.07) is 0. The molecule has 2 heterocycles. The molecule has 1 fully saturated rings. The SMILES string of the molecule is CN=C(NCCN(C)CCOC)N1CCN(c2cnn(C)c2)C(=O)C1. The molecule has 9 heteroatoms. The number of ether oxygens (including phenoxy) is 1. The number of hydrogen-bond donors (Lipinski definition) is 1. The molecule has 1 aromatic heterocycles. The summed E-state index contributed by atoms with van der Waals surface area (Å²) in [5, 5.41) is 7.47. The maximum Gasteiger partial charge on any atom is 0.246 e. The van der Waals surface area contributed by atoms with Gasteiger partial charge in [-0.2, -0.15) is 5.10 Å². The molecular formula is C16H29N7O2. The van der Waals surface area contributed by atoms with Crippen LogP contribution in [0.1, 0.15) is 0 Å². The molecule has 2 rings (SSSR count). The van der Waals surface area contributed by atoms with Gasteiger partial charge in [-0.15, -0.1) is 0 Å². The summed E-state index contributed by atoms with van der Waals surface area (Å²) >= 11 is 0. The fourth-order valence-corrected chi connectivity index (χ4v) is 2.72. The van der Waals surface area contributed by atoms with E-state index in [2.05, 4.69) is 27.4 Å². The Morgan fingerprint density at radius 1 is 1.44 bits per heavy atom. The van der Waals surface area contributed by atoms with Crippen LogP contribution in [0.15, 0.2) is 17.4 Å². The largest absolute Gasteiger partial charge is 0.383 e. The fraction of sp³-hybridized carbons (Fsp3) is 0.688. The molecule has 1 aromatic rings. The fourth-order valence-electron chi connectivity index (χ4n) is 2.72. The average molecular weight is 351 g/mol. The molecule has 1 aliphatic rings. The van der Waals surface area contributed by atoms with Gasteiger partial charge in [0.25, 0.3) is 0 Å². The standard InChI is InChI=1S/C16H29N7O2/c1-17-16(18-5-6-20(2)9-10-25-4)22-7-8-23(15(24)13-22)14-11-19-21(3)12-14/h11-12H,5-10,13H2,1-4H3,(H,17,18). The first-order chi connectivity index (χ1) is 12.0. The van der Waals surface area contributed by atoms with E-state index in [-0.39, 0.29) is 5.91 Å². The van der Waals surface area contributed by atoms with Crippen molar-refractivity contribution in [1.29, 1.82) is 0 Å². The quantitative estimate of drug-likeness (QED) is 0.513. The number of nitrogens with one attached hydrogen (secondary N) is 1. The third kappa shape index (κ3) is 5.43. The minimum absolute atomic E-state index is 0.0550. The smallest absolute Gasteiger partial charge is 0.246 e. The third-order valence-electron chi connectivity index (χ3n) is 4.19. The van der Waals surface area contributed by atoms with E-state index in [0.717, 1.165) is 44.4 Å². The van der Waals surface area contributed by atoms with Crippen LogP contribution in [0, 0.1) is 0 Å². The highest BCUT2D eigenvalue weighted by Gasteiger charge is 2.27. The van der Waals surface area contributed by atoms with Gasteiger partial charge in [0.1, 0.15) is 6.54 Å². The molecule has 1 saturated heterocycles. The summed E-state index contributed by atoms with van der Waals surface area (Å²) in [7, 11) is 7.35. The second kappa shape index (κ2) is 9.38. The van der Waals surface area contributed by atoms with Gasteiger partial charge in [-0.1, -0.05) is 0 Å². The molecule has 0 unspecified atom stereocenters. The van der Waals surface area contributed by atoms with E-state index in [1.165, 1.54) is 0 Å². The number of carbonyl (C=O) groups excluding carboxylic acids is 1. The van der Waals surface area contributed by atoms with Crippen LogP contribution in [0.4, 0.5) is 5.69 Å². The normalized spacial score (nSPS) is 16.0. The summed E-state index contributed by atoms with van der Waals surface area (Å²) in [4.78, 5) is 22.7. The lowest BCUT2D eigenvalue weighted by molar-refractivity contribution is -0.120. The van der Waals surface area contributed by atoms with Crippen molar-refractivity contribution in [2.24, 2.45) is 12.0 Å². The number of piperazine rings is 1. The van der Waals surface area contributed by atoms with E-state index in [1.807, 2.05) is 18.1 Å². The van der Waals surface area contributed by atoms with Crippen LogP contribution in [-0.2, 0) is 16.6 Å². The number of amides is 1. The van der Waals surface area contributed by atoms with Gasteiger partial charge in [0.05, 0.1) is 18.5 Å². The molecule has 25 heavy (non-hydrogen) atoms. The van der Waals surface area contributed by atoms with Crippen LogP contribution in [0.2, 0.25) is 0 Å². The Labute approximate surface area is 149 Å². The summed E-state index contributed by atoms with van der Waals surface area (Å²) in [6.45, 7) is 4.93. The van der Waals surface area contributed by atoms with E-state index >= 15 is 0 Å². The van der Waals surface area contributed by atoms with Gasteiger partial charge in [0.15, 0.2) is 5.96 Å². The lowest BCUT2D eigenvalue weighted by Gasteiger charge is -2.35. The molecule has 9 nitrogen and oxygen atoms in total. The Bertz CT molecular complexity index is 587. The van der Waals surface area contributed by atoms with Crippen molar-refractivity contribution in [3.63, 3.8) is 0 Å². The number of aryl methyl sites for hydroxylation is 1. The van der Waals surface area contributed by atoms with Crippen molar-refractivity contribution in [3.05, 3.63) is 12.4 Å². The van der Waals surface area contributed by atoms with Crippen molar-refractivity contribution >= 4 is 17.6 Å². The van der Waals surface area contributed by atoms with Crippen LogP contribution in [0.3, 0.4) is 0 Å². The van der Waals surface area contributed by atoms with E-state index < -0.39 is 0 Å². The van der Waals surface area contributed by atoms with E-state index in [1.54, 1.807) is 29.9 Å². The number of aromatic nitrogens is 2. The topological polar surface area (TPSA) is 78.2 Å². The molecule has 1 aliphatic heterocycles. The number of nitrogens with zero attached hydrogens (tertiary/aromatic N) is 6. The minimum Gasteiger partial charge on any atom is -0.383 e. The molecule has 1 amide bonds. The van der Waals surface area contributed by atoms with Crippen molar-refractivity contribution in [3.8, 4) is 0 Å². The predicted molar refractivity (Wildman–Crippen MR) is 97.9 cm³/mol. The number of aliphatic imine (C=N–C) groups is 1. The molecule has 0 aromatic carbocycles. The summed E-state index contributed by atoms with van der Waals surface area (Å²) in [5.74, 6) is 0.818. The second-order valence-electron chi connectivity index (χ2n) is 6.11. The Morgan fingerprint density at radius 2 is 2.24 bits per heavy atom. The first-order valence-corrected chi connectivity index (χ1v) is 8.47. The van der Waals surface area contributed by atoms with Crippen LogP contribution in [0.25, 0.3) is 0 Å². The highest BCUT2D eigenvalue weighted by molar-refractivity contribution is 5.98. The van der Waals surface area contributed by atoms with Gasteiger partial charge in [-0.05, 0) is 7.05 Å². The summed E-state index contributed by atoms with van der Waals surface area (Å²) in [5.41, 5.74) is 0.842. The van der Waals surface area contributed by atoms with E-state index in [9.17, 15) is 4.79 Å². The Hall–Kier alpha value is -2.13. The molecule has 0 spiro atoms. The van der Waals surface area contributed by atoms with Crippen LogP contribution in [-0.4, -0.2) is 98.5 Å². The van der Waals surface area contributed by atoms with Crippen molar-refractivity contribution in [1.82, 2.24) is 24.9 Å². The number of guanidine groups is 1. The molecule has 1 N–H and O–H groups in total. The molecule has 0 saturated carbocycles. The summed E-state index contributed by atoms with van der Waals surface area (Å²) in [6.07, 6.45) is 3.58. The molecular weight excluding hydrogens is 322 g/mol. The lowest BCUT2D eigenvalue weighted by Crippen LogP contribution is -2.55. The molecule has 0 atom stereocenters. The van der Waals surface area contributed by atoms with Crippen molar-refractivity contribution in [2.45, 2.75) is 0 Å². The Balaban J connectivity index is 1.81. The van der Waals surface area contributed by atoms with E-state index in [0.29, 0.717) is 13.1 Å². The van der Waals surface area contributed by atoms with E-state index in [4.69, 9.17) is 4.74 Å². The number of hydrogen-bond acceptors (Lipinski definition) is 5. The number of likely N-dealkylation sites (N-methyl/N-ethyl adjacent to an activating group) is 1. The molecule has 0 bridgehead atoms. The minimum atomic E-state index is 0.0550. The number of carbonyl (C=O) groups is 1. The maximum absolute atomic E-state index is 12.5. The van der Waals surface area contributed by atoms with Gasteiger partial charge in [-0.3, -0.25) is 14.5 Å². The number of methoxy groups -OCH3 is 1. The lowest BCUT2D eigenvalue weighted by atomic mass is 10.3. The Kier molecular flexibility index (Phi) is 7.20. The van der Waals surface area contributed by atoms with Crippen molar-refractivity contribution in [2.75, 3.05) is 72.0 Å². The van der Waals surface area contributed by atoms with Crippen LogP contribution < -0.4 is 10.2 Å². The van der Waals surface area contributed by atoms with Crippen LogP contribution >= 0.6 is 0 Å². The van der Waals surface area contributed by atoms with Gasteiger partial charge in [0, 0.05) is 60.1 Å². The van der Waals surface area contributed by atoms with Gasteiger partial charge >= 0.3 is 0 Å². The predicted octanol–water partition coefficient (Wildman–Crippen LogP) is -0.778. The number of anilines is 1. The highest BCUT2D eigenvalue weighted by atomic mass is 16.5. The second-order valence-corrected chi connectivity index (χ2v) is 6.11. The average Bonchev–Trinajstić information content (AvgIpc) is 3.03. The third-order valence-corrected chi connectivity index (χ3v) is 4.19. The number of rotatable bonds is 7. The zero-order valence-corrected chi connectivity index (χ0v) is 15.6. The van der Waals surface area contributed by atoms with Gasteiger partial charge in [-0.25, -0.2) is 0 Å². The zero-order valence-electron chi connectivity index (χ0n) is 15.6. The molecule has 0 radical (unpaired) electrons. The van der Waals surface area contributed by atoms with Crippen LogP contribution in [0.5, 0.6) is 0 Å². The van der Waals surface area contributed by atoms with Gasteiger partial charge < -0.3 is 24.8 Å². The zero-order chi connectivity index (χ0) is 18.2. The molecule has 140 valence electrons. The van der Waals surface area contributed by atoms with Crippen molar-refractivity contribution < 1.29 is 9.53 Å². The first-order valence-electron chi connectivity index (χ1n) is 8.47. The monoisotopic (exact) mass is 351 g/mol. The highest BCUT2D eigenvalue weighted by Crippen LogP contribution is 2.15. The molecule has 0 aliphatic carbocycles. The maximum atomic E-state index is 12.5. The van der Waals surface area contributed by atoms with Gasteiger partial charge in [0.2, 0.25) is 5.91 Å².